The highest BCUT2D eigenvalue weighted by Crippen LogP contribution is 2.17. The molecule has 7 nitrogen and oxygen atoms in total. The smallest absolute Gasteiger partial charge is 0.269 e. The van der Waals surface area contributed by atoms with Crippen molar-refractivity contribution in [2.24, 2.45) is 0 Å². The predicted octanol–water partition coefficient (Wildman–Crippen LogP) is 1.17. The number of aromatic nitrogens is 2. The summed E-state index contributed by atoms with van der Waals surface area (Å²) in [5.74, 6) is 0.447. The van der Waals surface area contributed by atoms with Gasteiger partial charge in [-0.3, -0.25) is 9.59 Å². The molecule has 0 unspecified atom stereocenters. The van der Waals surface area contributed by atoms with Gasteiger partial charge in [-0.25, -0.2) is 4.68 Å². The molecule has 0 spiro atoms. The maximum atomic E-state index is 12.2. The normalized spacial score (nSPS) is 13.7. The molecular weight excluding hydrogens is 320 g/mol. The summed E-state index contributed by atoms with van der Waals surface area (Å²) in [6, 6.07) is 9.02. The van der Waals surface area contributed by atoms with Crippen molar-refractivity contribution in [3.8, 4) is 5.75 Å². The van der Waals surface area contributed by atoms with E-state index in [1.807, 2.05) is 24.3 Å². The molecule has 1 aliphatic rings. The van der Waals surface area contributed by atoms with Crippen molar-refractivity contribution in [3.05, 3.63) is 52.4 Å². The number of amides is 1. The summed E-state index contributed by atoms with van der Waals surface area (Å²) in [5, 5.41) is 6.92. The van der Waals surface area contributed by atoms with Gasteiger partial charge in [0.25, 0.3) is 5.56 Å². The Morgan fingerprint density at radius 2 is 2.04 bits per heavy atom. The Bertz CT molecular complexity index is 797. The molecule has 7 heteroatoms. The average molecular weight is 342 g/mol. The van der Waals surface area contributed by atoms with Crippen LogP contribution in [-0.4, -0.2) is 35.9 Å². The zero-order valence-corrected chi connectivity index (χ0v) is 14.3. The molecule has 132 valence electrons. The lowest BCUT2D eigenvalue weighted by atomic mass is 10.2. The van der Waals surface area contributed by atoms with Crippen LogP contribution in [0.5, 0.6) is 5.75 Å². The summed E-state index contributed by atoms with van der Waals surface area (Å²) >= 11 is 0. The Kier molecular flexibility index (Phi) is 5.33. The van der Waals surface area contributed by atoms with E-state index in [9.17, 15) is 9.59 Å². The van der Waals surface area contributed by atoms with Gasteiger partial charge in [0.2, 0.25) is 5.91 Å². The number of methoxy groups -OCH3 is 1. The van der Waals surface area contributed by atoms with Crippen LogP contribution in [0.4, 0.5) is 5.69 Å². The molecule has 1 aromatic heterocycles. The number of ether oxygens (including phenoxy) is 1. The number of hydrogen-bond donors (Lipinski definition) is 1. The van der Waals surface area contributed by atoms with Crippen molar-refractivity contribution in [1.82, 2.24) is 15.1 Å². The van der Waals surface area contributed by atoms with Crippen LogP contribution in [-0.2, 0) is 17.9 Å². The summed E-state index contributed by atoms with van der Waals surface area (Å²) < 4.78 is 6.43. The van der Waals surface area contributed by atoms with Gasteiger partial charge in [0.1, 0.15) is 12.3 Å². The van der Waals surface area contributed by atoms with Crippen molar-refractivity contribution < 1.29 is 9.53 Å². The van der Waals surface area contributed by atoms with Gasteiger partial charge in [-0.05, 0) is 18.9 Å². The number of nitrogens with zero attached hydrogens (tertiary/aromatic N) is 3. The Balaban J connectivity index is 1.60. The molecule has 2 heterocycles. The van der Waals surface area contributed by atoms with E-state index < -0.39 is 0 Å². The first-order valence-corrected chi connectivity index (χ1v) is 8.38. The first-order chi connectivity index (χ1) is 12.2. The first kappa shape index (κ1) is 17.0. The summed E-state index contributed by atoms with van der Waals surface area (Å²) in [6.07, 6.45) is 3.92. The zero-order chi connectivity index (χ0) is 17.6. The molecule has 1 aliphatic heterocycles. The van der Waals surface area contributed by atoms with E-state index in [0.29, 0.717) is 12.3 Å². The molecule has 0 radical (unpaired) electrons. The van der Waals surface area contributed by atoms with E-state index in [1.54, 1.807) is 19.4 Å². The maximum absolute atomic E-state index is 12.2. The SMILES string of the molecule is COc1ccccc1CNC(=O)Cn1ncc(N2CCCC2)cc1=O. The van der Waals surface area contributed by atoms with Crippen molar-refractivity contribution in [2.75, 3.05) is 25.1 Å². The van der Waals surface area contributed by atoms with E-state index in [4.69, 9.17) is 4.74 Å². The number of carbonyl (C=O) groups excluding carboxylic acids is 1. The second-order valence-corrected chi connectivity index (χ2v) is 5.99. The van der Waals surface area contributed by atoms with Crippen LogP contribution in [0.2, 0.25) is 0 Å². The minimum absolute atomic E-state index is 0.103. The quantitative estimate of drug-likeness (QED) is 0.853. The molecular formula is C18H22N4O3. The fraction of sp³-hybridized carbons (Fsp3) is 0.389. The molecule has 1 aromatic carbocycles. The molecule has 1 saturated heterocycles. The fourth-order valence-corrected chi connectivity index (χ4v) is 2.93. The van der Waals surface area contributed by atoms with Gasteiger partial charge in [-0.2, -0.15) is 5.10 Å². The molecule has 1 fully saturated rings. The van der Waals surface area contributed by atoms with Gasteiger partial charge in [-0.15, -0.1) is 0 Å². The third-order valence-corrected chi connectivity index (χ3v) is 4.29. The summed E-state index contributed by atoms with van der Waals surface area (Å²) in [6.45, 7) is 2.13. The Hall–Kier alpha value is -2.83. The highest BCUT2D eigenvalue weighted by molar-refractivity contribution is 5.75. The third kappa shape index (κ3) is 4.17. The maximum Gasteiger partial charge on any atom is 0.269 e. The third-order valence-electron chi connectivity index (χ3n) is 4.29. The first-order valence-electron chi connectivity index (χ1n) is 8.38. The monoisotopic (exact) mass is 342 g/mol. The lowest BCUT2D eigenvalue weighted by Gasteiger charge is -2.17. The summed E-state index contributed by atoms with van der Waals surface area (Å²) in [5.41, 5.74) is 1.44. The van der Waals surface area contributed by atoms with Crippen LogP contribution in [0.25, 0.3) is 0 Å². The molecule has 3 rings (SSSR count). The van der Waals surface area contributed by atoms with Crippen LogP contribution in [0.1, 0.15) is 18.4 Å². The summed E-state index contributed by atoms with van der Waals surface area (Å²) in [4.78, 5) is 26.4. The predicted molar refractivity (Wildman–Crippen MR) is 94.8 cm³/mol. The van der Waals surface area contributed by atoms with E-state index >= 15 is 0 Å². The zero-order valence-electron chi connectivity index (χ0n) is 14.3. The van der Waals surface area contributed by atoms with Crippen LogP contribution in [0.15, 0.2) is 41.3 Å². The van der Waals surface area contributed by atoms with Crippen LogP contribution >= 0.6 is 0 Å². The Morgan fingerprint density at radius 3 is 2.76 bits per heavy atom. The van der Waals surface area contributed by atoms with Gasteiger partial charge in [-0.1, -0.05) is 18.2 Å². The molecule has 1 N–H and O–H groups in total. The highest BCUT2D eigenvalue weighted by Gasteiger charge is 2.14. The summed E-state index contributed by atoms with van der Waals surface area (Å²) in [7, 11) is 1.59. The number of rotatable bonds is 6. The molecule has 0 aliphatic carbocycles. The number of carbonyl (C=O) groups is 1. The number of hydrogen-bond acceptors (Lipinski definition) is 5. The van der Waals surface area contributed by atoms with Crippen LogP contribution < -0.4 is 20.5 Å². The number of para-hydroxylation sites is 1. The molecule has 2 aromatic rings. The second kappa shape index (κ2) is 7.83. The van der Waals surface area contributed by atoms with Gasteiger partial charge in [0.15, 0.2) is 0 Å². The minimum Gasteiger partial charge on any atom is -0.496 e. The van der Waals surface area contributed by atoms with Crippen molar-refractivity contribution in [1.29, 1.82) is 0 Å². The Morgan fingerprint density at radius 1 is 1.28 bits per heavy atom. The van der Waals surface area contributed by atoms with Crippen LogP contribution in [0.3, 0.4) is 0 Å². The van der Waals surface area contributed by atoms with Crippen molar-refractivity contribution in [2.45, 2.75) is 25.9 Å². The largest absolute Gasteiger partial charge is 0.496 e. The lowest BCUT2D eigenvalue weighted by Crippen LogP contribution is -2.34. The molecule has 25 heavy (non-hydrogen) atoms. The van der Waals surface area contributed by atoms with Crippen molar-refractivity contribution in [3.63, 3.8) is 0 Å². The standard InChI is InChI=1S/C18H22N4O3/c1-25-16-7-3-2-6-14(16)11-19-17(23)13-22-18(24)10-15(12-20-22)21-8-4-5-9-21/h2-3,6-7,10,12H,4-5,8-9,11,13H2,1H3,(H,19,23). The van der Waals surface area contributed by atoms with E-state index in [1.165, 1.54) is 4.68 Å². The second-order valence-electron chi connectivity index (χ2n) is 5.99. The van der Waals surface area contributed by atoms with Gasteiger partial charge < -0.3 is 15.0 Å². The molecule has 0 bridgehead atoms. The fourth-order valence-electron chi connectivity index (χ4n) is 2.93. The van der Waals surface area contributed by atoms with E-state index in [-0.39, 0.29) is 18.0 Å². The van der Waals surface area contributed by atoms with E-state index in [0.717, 1.165) is 37.2 Å². The number of nitrogens with one attached hydrogen (secondary N) is 1. The molecule has 1 amide bonds. The van der Waals surface area contributed by atoms with Gasteiger partial charge in [0.05, 0.1) is 19.0 Å². The molecule has 0 atom stereocenters. The van der Waals surface area contributed by atoms with Crippen LogP contribution in [0, 0.1) is 0 Å². The topological polar surface area (TPSA) is 76.5 Å². The average Bonchev–Trinajstić information content (AvgIpc) is 3.16. The molecule has 0 saturated carbocycles. The number of anilines is 1. The van der Waals surface area contributed by atoms with E-state index in [2.05, 4.69) is 15.3 Å². The minimum atomic E-state index is -0.269. The Labute approximate surface area is 146 Å². The van der Waals surface area contributed by atoms with Crippen molar-refractivity contribution >= 4 is 11.6 Å². The van der Waals surface area contributed by atoms with Gasteiger partial charge >= 0.3 is 0 Å². The van der Waals surface area contributed by atoms with Gasteiger partial charge in [0, 0.05) is 31.3 Å². The number of benzene rings is 1. The lowest BCUT2D eigenvalue weighted by molar-refractivity contribution is -0.122. The highest BCUT2D eigenvalue weighted by atomic mass is 16.5.